The van der Waals surface area contributed by atoms with Gasteiger partial charge in [0.1, 0.15) is 0 Å². The van der Waals surface area contributed by atoms with Gasteiger partial charge in [-0.1, -0.05) is 49.7 Å². The number of benzene rings is 2. The number of nitrogens with one attached hydrogen (secondary N) is 1. The number of hydrogen-bond donors (Lipinski definition) is 1. The minimum atomic E-state index is -0.0389. The average molecular weight is 342 g/mol. The van der Waals surface area contributed by atoms with Crippen LogP contribution in [0.2, 0.25) is 5.15 Å². The summed E-state index contributed by atoms with van der Waals surface area (Å²) in [5, 5.41) is 8.60. The number of para-hydroxylation sites is 1. The zero-order valence-corrected chi connectivity index (χ0v) is 14.5. The highest BCUT2D eigenvalue weighted by molar-refractivity contribution is 6.34. The van der Waals surface area contributed by atoms with Gasteiger partial charge in [-0.25, -0.2) is 0 Å². The molecule has 0 atom stereocenters. The maximum atomic E-state index is 12.2. The smallest absolute Gasteiger partial charge is 0.226 e. The molecule has 0 bridgehead atoms. The van der Waals surface area contributed by atoms with E-state index in [1.165, 1.54) is 5.56 Å². The van der Waals surface area contributed by atoms with Gasteiger partial charge in [-0.2, -0.15) is 5.10 Å². The van der Waals surface area contributed by atoms with Crippen LogP contribution in [0.3, 0.4) is 0 Å². The topological polar surface area (TPSA) is 46.9 Å². The monoisotopic (exact) mass is 341 g/mol. The lowest BCUT2D eigenvalue weighted by atomic mass is 10.0. The number of carbonyl (C=O) groups is 1. The summed E-state index contributed by atoms with van der Waals surface area (Å²) in [6, 6.07) is 15.7. The van der Waals surface area contributed by atoms with Crippen molar-refractivity contribution in [1.29, 1.82) is 0 Å². The number of rotatable bonds is 5. The highest BCUT2D eigenvalue weighted by Gasteiger charge is 2.10. The van der Waals surface area contributed by atoms with E-state index in [2.05, 4.69) is 24.3 Å². The molecule has 0 aliphatic heterocycles. The fraction of sp³-hybridized carbons (Fsp3) is 0.263. The molecule has 124 valence electrons. The van der Waals surface area contributed by atoms with E-state index in [1.807, 2.05) is 48.5 Å². The first-order chi connectivity index (χ1) is 11.5. The molecule has 1 aromatic heterocycles. The number of amides is 1. The molecule has 4 nitrogen and oxygen atoms in total. The van der Waals surface area contributed by atoms with Crippen LogP contribution in [-0.2, 0) is 11.3 Å². The molecule has 0 saturated heterocycles. The standard InChI is InChI=1S/C19H20ClN3O/c1-13(2)14-7-9-15(10-8-14)21-18(24)11-12-23-17-6-4-3-5-16(17)19(20)22-23/h3-10,13H,11-12H2,1-2H3,(H,21,24). The van der Waals surface area contributed by atoms with Crippen LogP contribution in [-0.4, -0.2) is 15.7 Å². The van der Waals surface area contributed by atoms with Gasteiger partial charge in [-0.3, -0.25) is 9.48 Å². The largest absolute Gasteiger partial charge is 0.326 e. The van der Waals surface area contributed by atoms with Crippen LogP contribution in [0.5, 0.6) is 0 Å². The van der Waals surface area contributed by atoms with Gasteiger partial charge >= 0.3 is 0 Å². The third-order valence-electron chi connectivity index (χ3n) is 4.02. The van der Waals surface area contributed by atoms with Crippen LogP contribution in [0.25, 0.3) is 10.9 Å². The van der Waals surface area contributed by atoms with Crippen molar-refractivity contribution in [2.24, 2.45) is 0 Å². The van der Waals surface area contributed by atoms with E-state index in [0.29, 0.717) is 24.0 Å². The minimum Gasteiger partial charge on any atom is -0.326 e. The molecule has 5 heteroatoms. The minimum absolute atomic E-state index is 0.0389. The van der Waals surface area contributed by atoms with Crippen molar-refractivity contribution in [3.8, 4) is 0 Å². The Hall–Kier alpha value is -2.33. The van der Waals surface area contributed by atoms with Crippen LogP contribution in [0.4, 0.5) is 5.69 Å². The van der Waals surface area contributed by atoms with Gasteiger partial charge in [0, 0.05) is 17.5 Å². The van der Waals surface area contributed by atoms with Crippen molar-refractivity contribution in [2.75, 3.05) is 5.32 Å². The Labute approximate surface area is 146 Å². The second-order valence-electron chi connectivity index (χ2n) is 6.11. The van der Waals surface area contributed by atoms with Gasteiger partial charge in [0.05, 0.1) is 12.1 Å². The predicted octanol–water partition coefficient (Wildman–Crippen LogP) is 4.84. The Kier molecular flexibility index (Phi) is 4.86. The number of aromatic nitrogens is 2. The van der Waals surface area contributed by atoms with E-state index in [1.54, 1.807) is 4.68 Å². The summed E-state index contributed by atoms with van der Waals surface area (Å²) in [7, 11) is 0. The molecule has 0 spiro atoms. The number of nitrogens with zero attached hydrogens (tertiary/aromatic N) is 2. The maximum Gasteiger partial charge on any atom is 0.226 e. The van der Waals surface area contributed by atoms with Crippen molar-refractivity contribution in [3.05, 3.63) is 59.2 Å². The van der Waals surface area contributed by atoms with Crippen molar-refractivity contribution in [1.82, 2.24) is 9.78 Å². The zero-order chi connectivity index (χ0) is 17.1. The zero-order valence-electron chi connectivity index (χ0n) is 13.8. The van der Waals surface area contributed by atoms with Gasteiger partial charge in [-0.15, -0.1) is 0 Å². The number of carbonyl (C=O) groups excluding carboxylic acids is 1. The van der Waals surface area contributed by atoms with Gasteiger partial charge in [0.15, 0.2) is 5.15 Å². The van der Waals surface area contributed by atoms with Crippen LogP contribution >= 0.6 is 11.6 Å². The highest BCUT2D eigenvalue weighted by atomic mass is 35.5. The molecule has 1 amide bonds. The maximum absolute atomic E-state index is 12.2. The van der Waals surface area contributed by atoms with Crippen molar-refractivity contribution in [3.63, 3.8) is 0 Å². The van der Waals surface area contributed by atoms with Crippen LogP contribution in [0.15, 0.2) is 48.5 Å². The molecule has 0 radical (unpaired) electrons. The Bertz CT molecular complexity index is 853. The number of anilines is 1. The van der Waals surface area contributed by atoms with E-state index in [0.717, 1.165) is 16.6 Å². The first-order valence-corrected chi connectivity index (χ1v) is 8.43. The Morgan fingerprint density at radius 2 is 1.88 bits per heavy atom. The van der Waals surface area contributed by atoms with E-state index in [-0.39, 0.29) is 5.91 Å². The lowest BCUT2D eigenvalue weighted by molar-refractivity contribution is -0.116. The molecule has 0 saturated carbocycles. The molecule has 1 heterocycles. The molecule has 0 aliphatic carbocycles. The highest BCUT2D eigenvalue weighted by Crippen LogP contribution is 2.22. The summed E-state index contributed by atoms with van der Waals surface area (Å²) in [6.45, 7) is 4.78. The number of halogens is 1. The van der Waals surface area contributed by atoms with Crippen molar-refractivity contribution in [2.45, 2.75) is 32.7 Å². The van der Waals surface area contributed by atoms with E-state index < -0.39 is 0 Å². The lowest BCUT2D eigenvalue weighted by Crippen LogP contribution is -2.15. The van der Waals surface area contributed by atoms with Crippen LogP contribution < -0.4 is 5.32 Å². The Morgan fingerprint density at radius 3 is 2.58 bits per heavy atom. The quantitative estimate of drug-likeness (QED) is 0.721. The van der Waals surface area contributed by atoms with E-state index in [9.17, 15) is 4.79 Å². The van der Waals surface area contributed by atoms with Gasteiger partial charge < -0.3 is 5.32 Å². The summed E-state index contributed by atoms with van der Waals surface area (Å²) >= 11 is 6.13. The van der Waals surface area contributed by atoms with E-state index >= 15 is 0 Å². The fourth-order valence-electron chi connectivity index (χ4n) is 2.64. The third-order valence-corrected chi connectivity index (χ3v) is 4.30. The first-order valence-electron chi connectivity index (χ1n) is 8.05. The molecule has 3 aromatic rings. The molecule has 2 aromatic carbocycles. The summed E-state index contributed by atoms with van der Waals surface area (Å²) in [4.78, 5) is 12.2. The molecular formula is C19H20ClN3O. The summed E-state index contributed by atoms with van der Waals surface area (Å²) in [5.41, 5.74) is 3.01. The number of fused-ring (bicyclic) bond motifs is 1. The summed E-state index contributed by atoms with van der Waals surface area (Å²) in [5.74, 6) is 0.440. The normalized spacial score (nSPS) is 11.2. The molecule has 0 unspecified atom stereocenters. The molecule has 0 aliphatic rings. The van der Waals surface area contributed by atoms with Crippen molar-refractivity contribution >= 4 is 34.1 Å². The molecule has 1 N–H and O–H groups in total. The number of hydrogen-bond acceptors (Lipinski definition) is 2. The second-order valence-corrected chi connectivity index (χ2v) is 6.46. The molecule has 0 fully saturated rings. The SMILES string of the molecule is CC(C)c1ccc(NC(=O)CCn2nc(Cl)c3ccccc32)cc1. The molecular weight excluding hydrogens is 322 g/mol. The Morgan fingerprint density at radius 1 is 1.17 bits per heavy atom. The lowest BCUT2D eigenvalue weighted by Gasteiger charge is -2.09. The molecule has 24 heavy (non-hydrogen) atoms. The second kappa shape index (κ2) is 7.05. The summed E-state index contributed by atoms with van der Waals surface area (Å²) < 4.78 is 1.78. The third kappa shape index (κ3) is 3.60. The predicted molar refractivity (Wildman–Crippen MR) is 98.5 cm³/mol. The number of aryl methyl sites for hydroxylation is 1. The fourth-order valence-corrected chi connectivity index (χ4v) is 2.89. The van der Waals surface area contributed by atoms with Gasteiger partial charge in [-0.05, 0) is 35.7 Å². The van der Waals surface area contributed by atoms with Crippen LogP contribution in [0, 0.1) is 0 Å². The van der Waals surface area contributed by atoms with E-state index in [4.69, 9.17) is 11.6 Å². The van der Waals surface area contributed by atoms with Crippen LogP contribution in [0.1, 0.15) is 31.7 Å². The van der Waals surface area contributed by atoms with Gasteiger partial charge in [0.2, 0.25) is 5.91 Å². The average Bonchev–Trinajstić information content (AvgIpc) is 2.90. The Balaban J connectivity index is 1.62. The summed E-state index contributed by atoms with van der Waals surface area (Å²) in [6.07, 6.45) is 0.341. The van der Waals surface area contributed by atoms with Crippen molar-refractivity contribution < 1.29 is 4.79 Å². The first kappa shape index (κ1) is 16.5. The van der Waals surface area contributed by atoms with Gasteiger partial charge in [0.25, 0.3) is 0 Å². The molecule has 3 rings (SSSR count).